The fourth-order valence-electron chi connectivity index (χ4n) is 7.76. The van der Waals surface area contributed by atoms with Crippen LogP contribution >= 0.6 is 0 Å². The van der Waals surface area contributed by atoms with Crippen molar-refractivity contribution < 1.29 is 14.2 Å². The molecule has 2 aromatic carbocycles. The number of hydrogen-bond donors (Lipinski definition) is 2. The summed E-state index contributed by atoms with van der Waals surface area (Å²) >= 11 is 0. The van der Waals surface area contributed by atoms with E-state index in [9.17, 15) is 19.1 Å². The van der Waals surface area contributed by atoms with Crippen molar-refractivity contribution in [2.24, 2.45) is 7.05 Å². The van der Waals surface area contributed by atoms with E-state index in [0.29, 0.717) is 44.8 Å². The molecule has 1 aliphatic carbocycles. The predicted octanol–water partition coefficient (Wildman–Crippen LogP) is 6.04. The van der Waals surface area contributed by atoms with E-state index in [2.05, 4.69) is 26.9 Å². The minimum absolute atomic E-state index is 0.0477. The van der Waals surface area contributed by atoms with Crippen LogP contribution in [0.1, 0.15) is 55.5 Å². The van der Waals surface area contributed by atoms with Gasteiger partial charge < -0.3 is 15.2 Å². The van der Waals surface area contributed by atoms with Gasteiger partial charge in [0.15, 0.2) is 5.65 Å². The third-order valence-electron chi connectivity index (χ3n) is 10.4. The van der Waals surface area contributed by atoms with Gasteiger partial charge in [0, 0.05) is 62.6 Å². The molecule has 2 N–H and O–H groups in total. The summed E-state index contributed by atoms with van der Waals surface area (Å²) in [6.45, 7) is 9.93. The van der Waals surface area contributed by atoms with Crippen LogP contribution in [0.4, 0.5) is 4.39 Å². The molecule has 2 aliphatic rings. The SMILES string of the molecule is C=C/C=C(\C=C/C)c1nn(C)cc1CNC1CCC(n2c(=O)c3cc(F)cnc3n(-c3cccc(-c4ccc(O)cc4CN4CCOCC4)c3)c2=O)CC1. The van der Waals surface area contributed by atoms with Gasteiger partial charge in [0.25, 0.3) is 5.56 Å². The number of pyridine rings is 1. The molecule has 54 heavy (non-hydrogen) atoms. The molecule has 3 aromatic heterocycles. The molecule has 0 spiro atoms. The number of hydrogen-bond acceptors (Lipinski definition) is 8. The summed E-state index contributed by atoms with van der Waals surface area (Å²) < 4.78 is 24.7. The monoisotopic (exact) mass is 731 g/mol. The van der Waals surface area contributed by atoms with Gasteiger partial charge in [0.05, 0.1) is 36.2 Å². The van der Waals surface area contributed by atoms with Crippen LogP contribution in [0, 0.1) is 5.82 Å². The normalized spacial score (nSPS) is 18.5. The maximum Gasteiger partial charge on any atom is 0.337 e. The Bertz CT molecular complexity index is 2340. The number of phenols is 1. The second kappa shape index (κ2) is 16.3. The number of halogens is 1. The van der Waals surface area contributed by atoms with Crippen molar-refractivity contribution >= 4 is 16.6 Å². The van der Waals surface area contributed by atoms with Crippen LogP contribution < -0.4 is 16.6 Å². The molecule has 11 nitrogen and oxygen atoms in total. The molecule has 280 valence electrons. The minimum atomic E-state index is -0.648. The van der Waals surface area contributed by atoms with Gasteiger partial charge in [-0.3, -0.25) is 18.9 Å². The zero-order valence-corrected chi connectivity index (χ0v) is 30.7. The molecule has 12 heteroatoms. The number of fused-ring (bicyclic) bond motifs is 1. The molecular formula is C42H46FN7O4. The number of nitrogens with one attached hydrogen (secondary N) is 1. The Morgan fingerprint density at radius 2 is 1.87 bits per heavy atom. The van der Waals surface area contributed by atoms with Crippen molar-refractivity contribution in [2.45, 2.75) is 57.8 Å². The average molecular weight is 732 g/mol. The first-order chi connectivity index (χ1) is 26.2. The van der Waals surface area contributed by atoms with E-state index in [1.165, 1.54) is 15.2 Å². The van der Waals surface area contributed by atoms with Crippen molar-refractivity contribution in [2.75, 3.05) is 26.3 Å². The maximum atomic E-state index is 14.7. The molecule has 1 saturated heterocycles. The van der Waals surface area contributed by atoms with Crippen LogP contribution in [0.5, 0.6) is 5.75 Å². The fourth-order valence-corrected chi connectivity index (χ4v) is 7.76. The Morgan fingerprint density at radius 3 is 2.63 bits per heavy atom. The van der Waals surface area contributed by atoms with Gasteiger partial charge in [-0.2, -0.15) is 5.10 Å². The Morgan fingerprint density at radius 1 is 1.07 bits per heavy atom. The number of nitrogens with zero attached hydrogens (tertiary/aromatic N) is 6. The second-order valence-corrected chi connectivity index (χ2v) is 14.0. The Balaban J connectivity index is 1.18. The highest BCUT2D eigenvalue weighted by molar-refractivity contribution is 5.77. The molecule has 0 unspecified atom stereocenters. The Labute approximate surface area is 313 Å². The molecule has 1 saturated carbocycles. The van der Waals surface area contributed by atoms with Gasteiger partial charge in [-0.15, -0.1) is 0 Å². The van der Waals surface area contributed by atoms with Crippen LogP contribution in [0.3, 0.4) is 0 Å². The molecule has 2 fully saturated rings. The number of aromatic hydroxyl groups is 1. The Kier molecular flexibility index (Phi) is 11.1. The van der Waals surface area contributed by atoms with Crippen LogP contribution in [-0.2, 0) is 24.9 Å². The predicted molar refractivity (Wildman–Crippen MR) is 209 cm³/mol. The number of ether oxygens (including phenoxy) is 1. The maximum absolute atomic E-state index is 14.7. The molecule has 0 amide bonds. The van der Waals surface area contributed by atoms with E-state index < -0.39 is 17.1 Å². The van der Waals surface area contributed by atoms with E-state index in [0.717, 1.165) is 65.6 Å². The molecule has 1 aliphatic heterocycles. The van der Waals surface area contributed by atoms with E-state index in [4.69, 9.17) is 4.74 Å². The molecular weight excluding hydrogens is 686 g/mol. The van der Waals surface area contributed by atoms with Gasteiger partial charge in [0.2, 0.25) is 0 Å². The quantitative estimate of drug-likeness (QED) is 0.158. The highest BCUT2D eigenvalue weighted by Crippen LogP contribution is 2.31. The van der Waals surface area contributed by atoms with E-state index in [1.54, 1.807) is 24.3 Å². The minimum Gasteiger partial charge on any atom is -0.508 e. The molecule has 0 bridgehead atoms. The number of aromatic nitrogens is 5. The van der Waals surface area contributed by atoms with Gasteiger partial charge in [-0.1, -0.05) is 49.1 Å². The summed E-state index contributed by atoms with van der Waals surface area (Å²) in [5, 5.41) is 18.8. The molecule has 0 atom stereocenters. The standard InChI is InChI=1S/C42H46FN7O4/c1-4-7-28(8-5-2)39-31(26-47(3)46-39)24-44-33-11-13-34(14-12-33)50-41(52)38-23-32(43)25-45-40(38)49(42(50)53)35-10-6-9-29(21-35)37-16-15-36(51)22-30(37)27-48-17-19-54-20-18-48/h4-10,15-16,21-23,25-26,33-34,44,51H,1,11-14,17-20,24,27H2,2-3H3/b8-5-,28-7+. The van der Waals surface area contributed by atoms with E-state index in [1.807, 2.05) is 67.3 Å². The van der Waals surface area contributed by atoms with Gasteiger partial charge in [-0.05, 0) is 79.6 Å². The topological polar surface area (TPSA) is 119 Å². The third-order valence-corrected chi connectivity index (χ3v) is 10.4. The zero-order valence-electron chi connectivity index (χ0n) is 30.7. The largest absolute Gasteiger partial charge is 0.508 e. The highest BCUT2D eigenvalue weighted by Gasteiger charge is 2.28. The lowest BCUT2D eigenvalue weighted by Gasteiger charge is -2.30. The smallest absolute Gasteiger partial charge is 0.337 e. The second-order valence-electron chi connectivity index (χ2n) is 14.0. The van der Waals surface area contributed by atoms with Crippen LogP contribution in [0.2, 0.25) is 0 Å². The van der Waals surface area contributed by atoms with Gasteiger partial charge in [0.1, 0.15) is 11.6 Å². The molecule has 0 radical (unpaired) electrons. The van der Waals surface area contributed by atoms with Crippen molar-refractivity contribution in [3.63, 3.8) is 0 Å². The number of benzene rings is 2. The first-order valence-corrected chi connectivity index (χ1v) is 18.5. The lowest BCUT2D eigenvalue weighted by atomic mass is 9.90. The fraction of sp³-hybridized carbons (Fsp3) is 0.333. The Hall–Kier alpha value is -5.43. The van der Waals surface area contributed by atoms with Gasteiger partial charge >= 0.3 is 5.69 Å². The number of allylic oxidation sites excluding steroid dienone is 5. The zero-order chi connectivity index (χ0) is 37.8. The number of phenolic OH excluding ortho intramolecular Hbond substituents is 1. The first-order valence-electron chi connectivity index (χ1n) is 18.5. The number of aryl methyl sites for hydroxylation is 1. The average Bonchev–Trinajstić information content (AvgIpc) is 3.55. The van der Waals surface area contributed by atoms with Gasteiger partial charge in [-0.25, -0.2) is 18.7 Å². The van der Waals surface area contributed by atoms with E-state index >= 15 is 0 Å². The first kappa shape index (κ1) is 36.9. The number of morpholine rings is 1. The summed E-state index contributed by atoms with van der Waals surface area (Å²) in [5.74, 6) is -0.477. The molecule has 5 aromatic rings. The summed E-state index contributed by atoms with van der Waals surface area (Å²) in [6, 6.07) is 13.8. The molecule has 4 heterocycles. The van der Waals surface area contributed by atoms with E-state index in [-0.39, 0.29) is 28.9 Å². The van der Waals surface area contributed by atoms with Crippen molar-refractivity contribution in [1.82, 2.24) is 34.1 Å². The number of rotatable bonds is 11. The highest BCUT2D eigenvalue weighted by atomic mass is 19.1. The summed E-state index contributed by atoms with van der Waals surface area (Å²) in [5.41, 5.74) is 5.17. The summed E-state index contributed by atoms with van der Waals surface area (Å²) in [6.07, 6.45) is 13.4. The van der Waals surface area contributed by atoms with Crippen molar-refractivity contribution in [3.8, 4) is 22.6 Å². The summed E-state index contributed by atoms with van der Waals surface area (Å²) in [7, 11) is 1.91. The lowest BCUT2D eigenvalue weighted by molar-refractivity contribution is 0.0342. The van der Waals surface area contributed by atoms with Crippen LogP contribution in [-0.4, -0.2) is 66.3 Å². The lowest BCUT2D eigenvalue weighted by Crippen LogP contribution is -2.44. The molecule has 7 rings (SSSR count). The third kappa shape index (κ3) is 7.77. The summed E-state index contributed by atoms with van der Waals surface area (Å²) in [4.78, 5) is 35.1. The van der Waals surface area contributed by atoms with Crippen LogP contribution in [0.15, 0.2) is 101 Å². The van der Waals surface area contributed by atoms with Crippen molar-refractivity contribution in [3.05, 3.63) is 135 Å². The van der Waals surface area contributed by atoms with Crippen LogP contribution in [0.25, 0.3) is 33.4 Å². The van der Waals surface area contributed by atoms with Crippen molar-refractivity contribution in [1.29, 1.82) is 0 Å².